The molecule has 0 saturated heterocycles. The number of fused-ring (bicyclic) bond motifs is 1. The van der Waals surface area contributed by atoms with Crippen LogP contribution in [-0.4, -0.2) is 11.5 Å². The molecule has 3 aromatic heterocycles. The number of pyridine rings is 1. The maximum atomic E-state index is 5.64. The second kappa shape index (κ2) is 6.08. The van der Waals surface area contributed by atoms with E-state index in [1.54, 1.807) is 17.6 Å². The van der Waals surface area contributed by atoms with E-state index in [1.807, 2.05) is 18.3 Å². The lowest BCUT2D eigenvalue weighted by Gasteiger charge is -2.17. The molecular formula is C15H15BrN2OS. The molecule has 3 heterocycles. The van der Waals surface area contributed by atoms with Crippen molar-refractivity contribution in [2.75, 3.05) is 6.54 Å². The monoisotopic (exact) mass is 350 g/mol. The van der Waals surface area contributed by atoms with Gasteiger partial charge in [0.05, 0.1) is 27.0 Å². The second-order valence-corrected chi connectivity index (χ2v) is 6.39. The van der Waals surface area contributed by atoms with E-state index in [0.717, 1.165) is 34.3 Å². The van der Waals surface area contributed by atoms with Crippen molar-refractivity contribution in [1.29, 1.82) is 0 Å². The van der Waals surface area contributed by atoms with Gasteiger partial charge in [-0.15, -0.1) is 11.3 Å². The zero-order valence-electron chi connectivity index (χ0n) is 11.1. The topological polar surface area (TPSA) is 38.1 Å². The van der Waals surface area contributed by atoms with Gasteiger partial charge in [0.2, 0.25) is 0 Å². The van der Waals surface area contributed by atoms with Gasteiger partial charge in [-0.05, 0) is 58.0 Å². The zero-order valence-corrected chi connectivity index (χ0v) is 13.5. The molecule has 5 heteroatoms. The van der Waals surface area contributed by atoms with Crippen molar-refractivity contribution in [2.45, 2.75) is 19.4 Å². The van der Waals surface area contributed by atoms with Gasteiger partial charge >= 0.3 is 0 Å². The smallest absolute Gasteiger partial charge is 0.139 e. The van der Waals surface area contributed by atoms with E-state index in [0.29, 0.717) is 0 Å². The maximum Gasteiger partial charge on any atom is 0.139 e. The molecule has 0 radical (unpaired) electrons. The summed E-state index contributed by atoms with van der Waals surface area (Å²) in [6, 6.07) is 6.18. The van der Waals surface area contributed by atoms with Gasteiger partial charge in [-0.2, -0.15) is 0 Å². The number of halogens is 1. The van der Waals surface area contributed by atoms with Crippen LogP contribution in [0, 0.1) is 0 Å². The van der Waals surface area contributed by atoms with Crippen LogP contribution in [0.2, 0.25) is 0 Å². The lowest BCUT2D eigenvalue weighted by Crippen LogP contribution is -2.23. The number of nitrogens with one attached hydrogen (secondary N) is 1. The molecular weight excluding hydrogens is 336 g/mol. The van der Waals surface area contributed by atoms with Crippen LogP contribution in [-0.2, 0) is 0 Å². The first-order chi connectivity index (χ1) is 9.79. The van der Waals surface area contributed by atoms with Crippen LogP contribution < -0.4 is 5.32 Å². The van der Waals surface area contributed by atoms with Crippen molar-refractivity contribution in [1.82, 2.24) is 10.3 Å². The molecule has 104 valence electrons. The normalized spacial score (nSPS) is 12.9. The minimum atomic E-state index is 0.0262. The first-order valence-corrected chi connectivity index (χ1v) is 8.26. The number of nitrogens with zero attached hydrogens (tertiary/aromatic N) is 1. The molecule has 0 amide bonds. The van der Waals surface area contributed by atoms with Crippen LogP contribution in [0.15, 0.2) is 44.9 Å². The van der Waals surface area contributed by atoms with E-state index in [4.69, 9.17) is 4.42 Å². The predicted molar refractivity (Wildman–Crippen MR) is 86.2 cm³/mol. The van der Waals surface area contributed by atoms with Crippen LogP contribution in [0.3, 0.4) is 0 Å². The van der Waals surface area contributed by atoms with E-state index in [2.05, 4.69) is 44.6 Å². The van der Waals surface area contributed by atoms with E-state index < -0.39 is 0 Å². The van der Waals surface area contributed by atoms with E-state index in [9.17, 15) is 0 Å². The standard InChI is InChI=1S/C15H15BrN2OS/c1-2-5-17-14(15-11(16)3-6-19-15)10-8-13-12(18-9-10)4-7-20-13/h3-4,6-9,14,17H,2,5H2,1H3. The Morgan fingerprint density at radius 2 is 2.35 bits per heavy atom. The minimum absolute atomic E-state index is 0.0262. The Morgan fingerprint density at radius 3 is 3.10 bits per heavy atom. The van der Waals surface area contributed by atoms with Crippen LogP contribution in [0.4, 0.5) is 0 Å². The quantitative estimate of drug-likeness (QED) is 0.721. The largest absolute Gasteiger partial charge is 0.466 e. The Labute approximate surface area is 130 Å². The van der Waals surface area contributed by atoms with Crippen LogP contribution in [0.5, 0.6) is 0 Å². The Kier molecular flexibility index (Phi) is 4.19. The Morgan fingerprint density at radius 1 is 1.45 bits per heavy atom. The molecule has 0 aromatic carbocycles. The van der Waals surface area contributed by atoms with Crippen molar-refractivity contribution >= 4 is 37.5 Å². The number of thiophene rings is 1. The summed E-state index contributed by atoms with van der Waals surface area (Å²) in [6.07, 6.45) is 4.71. The average molecular weight is 351 g/mol. The van der Waals surface area contributed by atoms with Crippen LogP contribution in [0.25, 0.3) is 10.2 Å². The first kappa shape index (κ1) is 13.8. The predicted octanol–water partition coefficient (Wildman–Crippen LogP) is 4.74. The van der Waals surface area contributed by atoms with Crippen LogP contribution in [0.1, 0.15) is 30.7 Å². The van der Waals surface area contributed by atoms with Gasteiger partial charge in [-0.25, -0.2) is 0 Å². The fourth-order valence-electron chi connectivity index (χ4n) is 2.18. The molecule has 0 aliphatic carbocycles. The van der Waals surface area contributed by atoms with Crippen molar-refractivity contribution in [3.63, 3.8) is 0 Å². The number of furan rings is 1. The molecule has 3 rings (SSSR count). The Bertz CT molecular complexity index is 707. The molecule has 0 fully saturated rings. The van der Waals surface area contributed by atoms with Crippen molar-refractivity contribution < 1.29 is 4.42 Å². The molecule has 1 unspecified atom stereocenters. The fourth-order valence-corrected chi connectivity index (χ4v) is 3.40. The highest BCUT2D eigenvalue weighted by Crippen LogP contribution is 2.31. The lowest BCUT2D eigenvalue weighted by molar-refractivity contribution is 0.444. The molecule has 0 aliphatic rings. The molecule has 0 saturated carbocycles. The minimum Gasteiger partial charge on any atom is -0.466 e. The number of rotatable bonds is 5. The summed E-state index contributed by atoms with van der Waals surface area (Å²) < 4.78 is 7.82. The molecule has 3 nitrogen and oxygen atoms in total. The average Bonchev–Trinajstić information content (AvgIpc) is 3.08. The highest BCUT2D eigenvalue weighted by molar-refractivity contribution is 9.10. The SMILES string of the molecule is CCCNC(c1cnc2ccsc2c1)c1occc1Br. The fraction of sp³-hybridized carbons (Fsp3) is 0.267. The van der Waals surface area contributed by atoms with E-state index in [1.165, 1.54) is 4.70 Å². The number of hydrogen-bond donors (Lipinski definition) is 1. The lowest BCUT2D eigenvalue weighted by atomic mass is 10.1. The maximum absolute atomic E-state index is 5.64. The number of aromatic nitrogens is 1. The molecule has 1 N–H and O–H groups in total. The van der Waals surface area contributed by atoms with E-state index in [-0.39, 0.29) is 6.04 Å². The third-order valence-electron chi connectivity index (χ3n) is 3.16. The van der Waals surface area contributed by atoms with Gasteiger partial charge in [-0.1, -0.05) is 6.92 Å². The van der Waals surface area contributed by atoms with Gasteiger partial charge in [-0.3, -0.25) is 4.98 Å². The van der Waals surface area contributed by atoms with E-state index >= 15 is 0 Å². The van der Waals surface area contributed by atoms with Gasteiger partial charge in [0.25, 0.3) is 0 Å². The first-order valence-electron chi connectivity index (χ1n) is 6.59. The Balaban J connectivity index is 2.01. The third-order valence-corrected chi connectivity index (χ3v) is 4.67. The molecule has 1 atom stereocenters. The molecule has 0 aliphatic heterocycles. The third kappa shape index (κ3) is 2.66. The second-order valence-electron chi connectivity index (χ2n) is 4.59. The summed E-state index contributed by atoms with van der Waals surface area (Å²) in [5, 5.41) is 5.59. The van der Waals surface area contributed by atoms with Crippen molar-refractivity contribution in [3.05, 3.63) is 51.8 Å². The van der Waals surface area contributed by atoms with Gasteiger partial charge in [0, 0.05) is 6.20 Å². The highest BCUT2D eigenvalue weighted by atomic mass is 79.9. The summed E-state index contributed by atoms with van der Waals surface area (Å²) >= 11 is 5.26. The van der Waals surface area contributed by atoms with Crippen molar-refractivity contribution in [3.8, 4) is 0 Å². The van der Waals surface area contributed by atoms with Gasteiger partial charge < -0.3 is 9.73 Å². The molecule has 3 aromatic rings. The zero-order chi connectivity index (χ0) is 13.9. The summed E-state index contributed by atoms with van der Waals surface area (Å²) in [4.78, 5) is 4.52. The summed E-state index contributed by atoms with van der Waals surface area (Å²) in [7, 11) is 0. The van der Waals surface area contributed by atoms with Gasteiger partial charge in [0.15, 0.2) is 0 Å². The Hall–Kier alpha value is -1.17. The molecule has 20 heavy (non-hydrogen) atoms. The molecule has 0 spiro atoms. The summed E-state index contributed by atoms with van der Waals surface area (Å²) in [5.74, 6) is 0.899. The van der Waals surface area contributed by atoms with Gasteiger partial charge in [0.1, 0.15) is 5.76 Å². The highest BCUT2D eigenvalue weighted by Gasteiger charge is 2.20. The summed E-state index contributed by atoms with van der Waals surface area (Å²) in [5.41, 5.74) is 2.18. The molecule has 0 bridgehead atoms. The van der Waals surface area contributed by atoms with Crippen LogP contribution >= 0.6 is 27.3 Å². The number of hydrogen-bond acceptors (Lipinski definition) is 4. The van der Waals surface area contributed by atoms with Crippen molar-refractivity contribution in [2.24, 2.45) is 0 Å². The summed E-state index contributed by atoms with van der Waals surface area (Å²) in [6.45, 7) is 3.09.